The molecule has 4 nitrogen and oxygen atoms in total. The maximum Gasteiger partial charge on any atom is 0.409 e. The van der Waals surface area contributed by atoms with E-state index in [0.29, 0.717) is 38.8 Å². The molecule has 0 aromatic carbocycles. The zero-order valence-corrected chi connectivity index (χ0v) is 8.99. The first kappa shape index (κ1) is 11.3. The van der Waals surface area contributed by atoms with E-state index in [1.165, 1.54) is 0 Å². The summed E-state index contributed by atoms with van der Waals surface area (Å²) in [6.45, 7) is 7.30. The van der Waals surface area contributed by atoms with E-state index >= 15 is 0 Å². The van der Waals surface area contributed by atoms with Gasteiger partial charge in [-0.05, 0) is 12.3 Å². The number of rotatable bonds is 3. The van der Waals surface area contributed by atoms with Crippen molar-refractivity contribution in [2.75, 3.05) is 32.9 Å². The van der Waals surface area contributed by atoms with Gasteiger partial charge in [0, 0.05) is 13.1 Å². The highest BCUT2D eigenvalue weighted by atomic mass is 16.6. The highest BCUT2D eigenvalue weighted by Gasteiger charge is 2.17. The molecule has 0 atom stereocenters. The summed E-state index contributed by atoms with van der Waals surface area (Å²) in [5.74, 6) is 0.576. The fourth-order valence-electron chi connectivity index (χ4n) is 1.22. The number of ether oxygens (including phenoxy) is 2. The molecule has 0 radical (unpaired) electrons. The molecular weight excluding hydrogens is 182 g/mol. The summed E-state index contributed by atoms with van der Waals surface area (Å²) < 4.78 is 10.3. The van der Waals surface area contributed by atoms with Gasteiger partial charge in [-0.2, -0.15) is 0 Å². The van der Waals surface area contributed by atoms with Crippen LogP contribution in [0.3, 0.4) is 0 Å². The molecule has 1 fully saturated rings. The molecule has 1 rings (SSSR count). The van der Waals surface area contributed by atoms with Crippen molar-refractivity contribution < 1.29 is 14.3 Å². The van der Waals surface area contributed by atoms with Crippen LogP contribution in [0, 0.1) is 5.92 Å². The predicted molar refractivity (Wildman–Crippen MR) is 53.2 cm³/mol. The first-order valence-electron chi connectivity index (χ1n) is 5.19. The average Bonchev–Trinajstić information content (AvgIpc) is 2.18. The quantitative estimate of drug-likeness (QED) is 0.694. The first-order chi connectivity index (χ1) is 6.70. The van der Waals surface area contributed by atoms with Crippen LogP contribution < -0.4 is 0 Å². The lowest BCUT2D eigenvalue weighted by Crippen LogP contribution is -2.41. The second kappa shape index (κ2) is 5.86. The maximum absolute atomic E-state index is 11.4. The van der Waals surface area contributed by atoms with E-state index in [1.807, 2.05) is 0 Å². The molecule has 1 saturated heterocycles. The van der Waals surface area contributed by atoms with Crippen LogP contribution >= 0.6 is 0 Å². The number of amides is 1. The molecule has 0 spiro atoms. The lowest BCUT2D eigenvalue weighted by atomic mass is 10.1. The molecule has 1 aliphatic heterocycles. The average molecular weight is 201 g/mol. The first-order valence-corrected chi connectivity index (χ1v) is 5.19. The fourth-order valence-corrected chi connectivity index (χ4v) is 1.22. The molecule has 0 saturated carbocycles. The number of hydrogen-bond donors (Lipinski definition) is 0. The van der Waals surface area contributed by atoms with Crippen molar-refractivity contribution in [3.63, 3.8) is 0 Å². The molecule has 0 unspecified atom stereocenters. The summed E-state index contributed by atoms with van der Waals surface area (Å²) in [7, 11) is 0. The van der Waals surface area contributed by atoms with Crippen molar-refractivity contribution in [3.05, 3.63) is 0 Å². The van der Waals surface area contributed by atoms with E-state index in [-0.39, 0.29) is 6.09 Å². The van der Waals surface area contributed by atoms with Crippen molar-refractivity contribution in [1.82, 2.24) is 4.90 Å². The van der Waals surface area contributed by atoms with E-state index in [9.17, 15) is 4.79 Å². The van der Waals surface area contributed by atoms with Gasteiger partial charge in [-0.1, -0.05) is 13.8 Å². The van der Waals surface area contributed by atoms with E-state index in [2.05, 4.69) is 13.8 Å². The summed E-state index contributed by atoms with van der Waals surface area (Å²) in [5, 5.41) is 0. The van der Waals surface area contributed by atoms with Crippen molar-refractivity contribution in [2.24, 2.45) is 5.92 Å². The van der Waals surface area contributed by atoms with Gasteiger partial charge in [0.2, 0.25) is 0 Å². The molecule has 82 valence electrons. The molecule has 0 aromatic rings. The molecule has 1 aliphatic rings. The van der Waals surface area contributed by atoms with Crippen LogP contribution in [-0.2, 0) is 9.47 Å². The Hall–Kier alpha value is -0.770. The SMILES string of the molecule is CC(C)CCOC(=O)N1CCOCC1. The van der Waals surface area contributed by atoms with Crippen LogP contribution in [0.5, 0.6) is 0 Å². The monoisotopic (exact) mass is 201 g/mol. The van der Waals surface area contributed by atoms with E-state index in [1.54, 1.807) is 4.90 Å². The molecule has 0 bridgehead atoms. The van der Waals surface area contributed by atoms with Crippen molar-refractivity contribution in [2.45, 2.75) is 20.3 Å². The zero-order valence-electron chi connectivity index (χ0n) is 8.99. The van der Waals surface area contributed by atoms with Crippen LogP contribution in [0.1, 0.15) is 20.3 Å². The van der Waals surface area contributed by atoms with E-state index < -0.39 is 0 Å². The van der Waals surface area contributed by atoms with Gasteiger partial charge in [0.1, 0.15) is 0 Å². The zero-order chi connectivity index (χ0) is 10.4. The Kier molecular flexibility index (Phi) is 4.73. The number of carbonyl (C=O) groups excluding carboxylic acids is 1. The molecule has 0 aliphatic carbocycles. The van der Waals surface area contributed by atoms with Crippen LogP contribution in [0.25, 0.3) is 0 Å². The third-order valence-corrected chi connectivity index (χ3v) is 2.19. The summed E-state index contributed by atoms with van der Waals surface area (Å²) in [4.78, 5) is 13.1. The van der Waals surface area contributed by atoms with Crippen molar-refractivity contribution in [3.8, 4) is 0 Å². The van der Waals surface area contributed by atoms with Crippen LogP contribution in [0.15, 0.2) is 0 Å². The Morgan fingerprint density at radius 3 is 2.64 bits per heavy atom. The molecule has 0 N–H and O–H groups in total. The standard InChI is InChI=1S/C10H19NO3/c1-9(2)3-6-14-10(12)11-4-7-13-8-5-11/h9H,3-8H2,1-2H3. The van der Waals surface area contributed by atoms with Crippen LogP contribution in [0.4, 0.5) is 4.79 Å². The van der Waals surface area contributed by atoms with Gasteiger partial charge in [-0.25, -0.2) is 4.79 Å². The fraction of sp³-hybridized carbons (Fsp3) is 0.900. The number of nitrogens with zero attached hydrogens (tertiary/aromatic N) is 1. The normalized spacial score (nSPS) is 17.2. The van der Waals surface area contributed by atoms with Crippen molar-refractivity contribution in [1.29, 1.82) is 0 Å². The summed E-state index contributed by atoms with van der Waals surface area (Å²) >= 11 is 0. The Labute approximate surface area is 85.2 Å². The number of morpholine rings is 1. The Morgan fingerprint density at radius 2 is 2.07 bits per heavy atom. The number of hydrogen-bond acceptors (Lipinski definition) is 3. The molecule has 14 heavy (non-hydrogen) atoms. The number of carbonyl (C=O) groups is 1. The van der Waals surface area contributed by atoms with Gasteiger partial charge < -0.3 is 14.4 Å². The molecule has 1 amide bonds. The third kappa shape index (κ3) is 3.96. The Bertz CT molecular complexity index is 176. The van der Waals surface area contributed by atoms with Gasteiger partial charge in [-0.15, -0.1) is 0 Å². The van der Waals surface area contributed by atoms with Gasteiger partial charge >= 0.3 is 6.09 Å². The van der Waals surface area contributed by atoms with Crippen LogP contribution in [0.2, 0.25) is 0 Å². The second-order valence-corrected chi connectivity index (χ2v) is 3.90. The highest BCUT2D eigenvalue weighted by molar-refractivity contribution is 5.67. The Balaban J connectivity index is 2.13. The molecule has 0 aromatic heterocycles. The minimum atomic E-state index is -0.200. The van der Waals surface area contributed by atoms with Crippen LogP contribution in [-0.4, -0.2) is 43.9 Å². The summed E-state index contributed by atoms with van der Waals surface area (Å²) in [5.41, 5.74) is 0. The summed E-state index contributed by atoms with van der Waals surface area (Å²) in [6.07, 6.45) is 0.727. The Morgan fingerprint density at radius 1 is 1.43 bits per heavy atom. The molecule has 4 heteroatoms. The van der Waals surface area contributed by atoms with Gasteiger partial charge in [0.05, 0.1) is 19.8 Å². The predicted octanol–water partition coefficient (Wildman–Crippen LogP) is 1.50. The smallest absolute Gasteiger partial charge is 0.409 e. The third-order valence-electron chi connectivity index (χ3n) is 2.19. The van der Waals surface area contributed by atoms with Crippen molar-refractivity contribution >= 4 is 6.09 Å². The topological polar surface area (TPSA) is 38.8 Å². The maximum atomic E-state index is 11.4. The second-order valence-electron chi connectivity index (χ2n) is 3.90. The minimum absolute atomic E-state index is 0.200. The van der Waals surface area contributed by atoms with Gasteiger partial charge in [0.15, 0.2) is 0 Å². The molecule has 1 heterocycles. The largest absolute Gasteiger partial charge is 0.449 e. The van der Waals surface area contributed by atoms with Gasteiger partial charge in [-0.3, -0.25) is 0 Å². The lowest BCUT2D eigenvalue weighted by Gasteiger charge is -2.26. The minimum Gasteiger partial charge on any atom is -0.449 e. The highest BCUT2D eigenvalue weighted by Crippen LogP contribution is 2.03. The lowest BCUT2D eigenvalue weighted by molar-refractivity contribution is 0.0261. The van der Waals surface area contributed by atoms with Gasteiger partial charge in [0.25, 0.3) is 0 Å². The summed E-state index contributed by atoms with van der Waals surface area (Å²) in [6, 6.07) is 0. The molecular formula is C10H19NO3. The van der Waals surface area contributed by atoms with E-state index in [0.717, 1.165) is 6.42 Å². The van der Waals surface area contributed by atoms with E-state index in [4.69, 9.17) is 9.47 Å².